The number of benzene rings is 10. The van der Waals surface area contributed by atoms with E-state index in [1.54, 1.807) is 48.5 Å². The van der Waals surface area contributed by atoms with Gasteiger partial charge in [0.25, 0.3) is 8.59 Å². The van der Waals surface area contributed by atoms with Crippen LogP contribution in [-0.2, 0) is 75.1 Å². The normalized spacial score (nSPS) is 22.1. The van der Waals surface area contributed by atoms with Crippen LogP contribution in [0.1, 0.15) is 109 Å². The summed E-state index contributed by atoms with van der Waals surface area (Å²) in [4.78, 5) is 0. The Labute approximate surface area is 623 Å². The number of aromatic nitrogens is 3. The van der Waals surface area contributed by atoms with Crippen molar-refractivity contribution in [2.24, 2.45) is 41.4 Å². The maximum absolute atomic E-state index is 9.27. The van der Waals surface area contributed by atoms with Crippen LogP contribution in [0, 0.1) is 41.4 Å². The van der Waals surface area contributed by atoms with Crippen molar-refractivity contribution < 1.29 is 67.8 Å². The second-order valence-corrected chi connectivity index (χ2v) is 30.2. The molecule has 0 saturated heterocycles. The zero-order valence-corrected chi connectivity index (χ0v) is 58.4. The van der Waals surface area contributed by atoms with Gasteiger partial charge in [0.2, 0.25) is 15.8 Å². The van der Waals surface area contributed by atoms with Gasteiger partial charge in [-0.2, -0.15) is 0 Å². The molecule has 21 rings (SSSR count). The van der Waals surface area contributed by atoms with Crippen LogP contribution in [0.2, 0.25) is 0 Å². The van der Waals surface area contributed by atoms with Crippen molar-refractivity contribution in [3.63, 3.8) is 0 Å². The van der Waals surface area contributed by atoms with Gasteiger partial charge in [-0.05, 0) is 263 Å². The summed E-state index contributed by atoms with van der Waals surface area (Å²) in [5.41, 5.74) is 13.1. The molecule has 536 valence electrons. The highest BCUT2D eigenvalue weighted by atomic mass is 16.5. The van der Waals surface area contributed by atoms with Crippen LogP contribution < -0.4 is 0 Å². The SMILES string of the molecule is [2H]CC1(CO[2H])c2ccc3c(c2)c2cc(CO[2H])ccc2n3CC(C)C2Cn3c4ccc1cc4c1cc(ccc13)C(CO[2H])(CO[2H])c1ccc3c(c1)c1cc(CO[2H])ccc1n3CC2C.[2H]Oc1cc(CC(C)C(Cc2cc(O[2H])cc(O[2H])c2)C2Cc3cc(O[2H])cc(c3)C(O[2H])(O[2H])c3cc(cc(O[2H])c3)CC2CC)cc(O[2H])c1. The first-order valence-electron chi connectivity index (χ1n) is 41.9. The van der Waals surface area contributed by atoms with Gasteiger partial charge in [0.15, 0.2) is 0 Å². The quantitative estimate of drug-likeness (QED) is 0.0238. The monoisotopic (exact) mass is 1410 g/mol. The van der Waals surface area contributed by atoms with Gasteiger partial charge >= 0.3 is 0 Å². The summed E-state index contributed by atoms with van der Waals surface area (Å²) < 4.78 is 118. The number of aromatic hydroxyl groups is 6. The summed E-state index contributed by atoms with van der Waals surface area (Å²) in [6.45, 7) is 11.2. The first-order valence-corrected chi connectivity index (χ1v) is 35.9. The molecule has 16 nitrogen and oxygen atoms in total. The summed E-state index contributed by atoms with van der Waals surface area (Å²) in [6, 6.07) is 58.2. The fraction of sp³-hybridized carbons (Fsp3) is 0.318. The highest BCUT2D eigenvalue weighted by Gasteiger charge is 2.40. The molecule has 10 heterocycles. The lowest BCUT2D eigenvalue weighted by atomic mass is 9.67. The first kappa shape index (κ1) is 54.7. The van der Waals surface area contributed by atoms with Crippen molar-refractivity contribution in [1.82, 2.24) is 13.7 Å². The number of nitrogens with zero attached hydrogens (tertiary/aromatic N) is 3. The van der Waals surface area contributed by atoms with Gasteiger partial charge in [0, 0.05) is 115 Å². The highest BCUT2D eigenvalue weighted by Crippen LogP contribution is 2.48. The van der Waals surface area contributed by atoms with Gasteiger partial charge < -0.3 is 80.1 Å². The molecule has 0 spiro atoms. The van der Waals surface area contributed by atoms with Crippen LogP contribution in [0.3, 0.4) is 0 Å². The molecule has 8 aliphatic rings. The van der Waals surface area contributed by atoms with Crippen molar-refractivity contribution in [2.75, 3.05) is 19.8 Å². The van der Waals surface area contributed by atoms with E-state index in [1.165, 1.54) is 24.3 Å². The molecule has 13 aromatic rings. The third kappa shape index (κ3) is 12.1. The second-order valence-electron chi connectivity index (χ2n) is 30.2. The van der Waals surface area contributed by atoms with Crippen LogP contribution >= 0.6 is 0 Å². The fourth-order valence-corrected chi connectivity index (χ4v) is 18.2. The van der Waals surface area contributed by atoms with Crippen molar-refractivity contribution in [2.45, 2.75) is 116 Å². The van der Waals surface area contributed by atoms with Gasteiger partial charge in [-0.25, -0.2) is 0 Å². The van der Waals surface area contributed by atoms with E-state index in [0.29, 0.717) is 32.2 Å². The van der Waals surface area contributed by atoms with Gasteiger partial charge in [0.05, 0.1) is 38.4 Å². The molecule has 8 unspecified atom stereocenters. The summed E-state index contributed by atoms with van der Waals surface area (Å²) >= 11 is 0. The van der Waals surface area contributed by atoms with E-state index in [0.717, 1.165) is 141 Å². The molecular weight excluding hydrogens is 1310 g/mol. The number of aliphatic hydroxyl groups excluding tert-OH is 5. The van der Waals surface area contributed by atoms with Crippen molar-refractivity contribution in [3.8, 4) is 34.5 Å². The van der Waals surface area contributed by atoms with Crippen molar-refractivity contribution in [3.05, 3.63) is 249 Å². The minimum atomic E-state index is -2.06. The van der Waals surface area contributed by atoms with Crippen LogP contribution in [0.4, 0.5) is 0 Å². The molecule has 20 bridgehead atoms. The smallest absolute Gasteiger partial charge is 0.293 e. The largest absolute Gasteiger partial charge is 0.508 e. The first-order chi connectivity index (χ1) is 57.3. The minimum Gasteiger partial charge on any atom is -0.508 e. The van der Waals surface area contributed by atoms with Gasteiger partial charge in [-0.3, -0.25) is 0 Å². The number of hydrogen-bond acceptors (Lipinski definition) is 13. The summed E-state index contributed by atoms with van der Waals surface area (Å²) in [5, 5.41) is 71.2. The lowest BCUT2D eigenvalue weighted by Crippen LogP contribution is -2.36. The van der Waals surface area contributed by atoms with Gasteiger partial charge in [-0.15, -0.1) is 0 Å². The van der Waals surface area contributed by atoms with E-state index in [-0.39, 0.29) is 127 Å². The Kier molecular flexibility index (Phi) is 14.2. The summed E-state index contributed by atoms with van der Waals surface area (Å²) in [5.74, 6) is -0.759. The highest BCUT2D eigenvalue weighted by molar-refractivity contribution is 6.11. The van der Waals surface area contributed by atoms with Crippen LogP contribution in [0.15, 0.2) is 182 Å². The molecule has 3 aromatic heterocycles. The predicted octanol–water partition coefficient (Wildman–Crippen LogP) is 14.1. The topological polar surface area (TPSA) is 278 Å². The average molecular weight is 1410 g/mol. The molecule has 104 heavy (non-hydrogen) atoms. The Morgan fingerprint density at radius 2 is 0.846 bits per heavy atom. The lowest BCUT2D eigenvalue weighted by molar-refractivity contribution is -0.132. The van der Waals surface area contributed by atoms with E-state index in [4.69, 9.17) is 85.0 Å². The van der Waals surface area contributed by atoms with Crippen LogP contribution in [0.25, 0.3) is 65.4 Å². The molecule has 0 amide bonds. The van der Waals surface area contributed by atoms with Crippen molar-refractivity contribution >= 4 is 65.4 Å². The molecule has 0 saturated carbocycles. The average Bonchev–Trinajstić information content (AvgIpc) is 1.54. The predicted molar refractivity (Wildman–Crippen MR) is 406 cm³/mol. The van der Waals surface area contributed by atoms with E-state index in [1.807, 2.05) is 12.1 Å². The Hall–Kier alpha value is -9.88. The minimum absolute atomic E-state index is 0.0100. The van der Waals surface area contributed by atoms with E-state index in [9.17, 15) is 1.37 Å². The molecule has 1 aliphatic carbocycles. The van der Waals surface area contributed by atoms with E-state index in [2.05, 4.69) is 138 Å². The molecule has 0 fully saturated rings. The van der Waals surface area contributed by atoms with Gasteiger partial charge in [0.1, 0.15) is 34.5 Å². The zero-order valence-electron chi connectivity index (χ0n) is 72.4. The molecule has 8 atom stereocenters. The maximum atomic E-state index is 9.27. The lowest BCUT2D eigenvalue weighted by Gasteiger charge is -2.38. The third-order valence-electron chi connectivity index (χ3n) is 23.8. The second kappa shape index (κ2) is 27.0. The number of phenolic OH excluding ortho intramolecular Hbond substituents is 6. The zero-order chi connectivity index (χ0) is 82.9. The molecule has 13 N–H and O–H groups in total. The number of aliphatic hydroxyl groups is 7. The Bertz CT molecular complexity index is 5780. The number of fused-ring (bicyclic) bond motifs is 6. The summed E-state index contributed by atoms with van der Waals surface area (Å²) in [7, 11) is 0. The number of hydrogen-bond donors (Lipinski definition) is 13. The maximum Gasteiger partial charge on any atom is 0.293 e. The van der Waals surface area contributed by atoms with Crippen molar-refractivity contribution in [1.29, 1.82) is 18.6 Å². The number of phenols is 6. The summed E-state index contributed by atoms with van der Waals surface area (Å²) in [6.07, 6.45) is 2.65. The molecule has 10 aromatic carbocycles. The van der Waals surface area contributed by atoms with E-state index < -0.39 is 16.6 Å². The van der Waals surface area contributed by atoms with Crippen LogP contribution in [0.5, 0.6) is 34.5 Å². The van der Waals surface area contributed by atoms with E-state index >= 15 is 0 Å². The Morgan fingerprint density at radius 1 is 0.423 bits per heavy atom. The Balaban J connectivity index is 0.000000191. The standard InChI is InChI=1S/C52H51N3O5.C36H40O8/c1-30-22-53-45-10-4-32(25-56)16-38(45)40-18-34(6-12-47(40)53)51(3,27-58)35-7-13-49-41(19-35)43-21-37-9-15-50(43)55(49)24-44(30)31(2)23-54-46-11-5-33(26-57)17-39(46)42-20-36(8-14-48(42)54)52(37,28-59)29-60;1-3-25-5-22-6-26(16-28(37)10-22)36(43,44)27-7-23(11-29(38)17-27)15-35(25)34(14-24-12-32(41)19-33(42)13-24)20(2)4-21-8-30(39)18-31(40)9-21/h4-21,30-31,44,56-60H,22-29H2,1-3H3;6-13,16-20,25,34-35,37-44H,3-5,14-15H2,1-2H3/i3D,56D,57D,58D,59D,60D;43D,44D/hD6. The number of rotatable bonds is 25. The van der Waals surface area contributed by atoms with Gasteiger partial charge in [-0.1, -0.05) is 70.5 Å². The fourth-order valence-electron chi connectivity index (χ4n) is 18.2. The van der Waals surface area contributed by atoms with Crippen LogP contribution in [-0.4, -0.2) is 119 Å². The molecule has 16 heteroatoms. The third-order valence-corrected chi connectivity index (χ3v) is 23.8. The molecule has 0 radical (unpaired) electrons. The Morgan fingerprint density at radius 3 is 1.29 bits per heavy atom. The molecular formula is C88H91N3O13. The molecule has 7 aliphatic heterocycles.